The number of nitrogens with one attached hydrogen (secondary N) is 1. The SMILES string of the molecule is Cc1ccc(S(=O)(=O)c2c(S(=O)(=O)c3ccccc3)[nH]c3ccccc23)cc1. The molecule has 5 nitrogen and oxygen atoms in total. The van der Waals surface area contributed by atoms with Gasteiger partial charge in [0.25, 0.3) is 0 Å². The molecule has 0 aliphatic rings. The summed E-state index contributed by atoms with van der Waals surface area (Å²) in [6.45, 7) is 1.85. The van der Waals surface area contributed by atoms with Crippen LogP contribution in [0.25, 0.3) is 10.9 Å². The molecule has 142 valence electrons. The molecule has 0 unspecified atom stereocenters. The van der Waals surface area contributed by atoms with Gasteiger partial charge in [-0.3, -0.25) is 0 Å². The van der Waals surface area contributed by atoms with E-state index < -0.39 is 19.7 Å². The fraction of sp³-hybridized carbons (Fsp3) is 0.0476. The van der Waals surface area contributed by atoms with Gasteiger partial charge in [0.2, 0.25) is 19.7 Å². The lowest BCUT2D eigenvalue weighted by molar-refractivity contribution is 0.581. The summed E-state index contributed by atoms with van der Waals surface area (Å²) in [5.74, 6) is 0. The number of aromatic nitrogens is 1. The maximum absolute atomic E-state index is 13.4. The molecule has 4 aromatic rings. The van der Waals surface area contributed by atoms with Gasteiger partial charge in [-0.1, -0.05) is 54.1 Å². The Bertz CT molecular complexity index is 1370. The second kappa shape index (κ2) is 6.61. The first-order valence-electron chi connectivity index (χ1n) is 8.54. The van der Waals surface area contributed by atoms with Crippen LogP contribution in [0, 0.1) is 6.92 Å². The number of hydrogen-bond donors (Lipinski definition) is 1. The van der Waals surface area contributed by atoms with E-state index in [0.29, 0.717) is 10.9 Å². The van der Waals surface area contributed by atoms with Crippen LogP contribution in [0.4, 0.5) is 0 Å². The van der Waals surface area contributed by atoms with Crippen molar-refractivity contribution in [2.75, 3.05) is 0 Å². The van der Waals surface area contributed by atoms with Gasteiger partial charge in [-0.15, -0.1) is 0 Å². The van der Waals surface area contributed by atoms with Crippen LogP contribution in [0.15, 0.2) is 98.6 Å². The van der Waals surface area contributed by atoms with Crippen molar-refractivity contribution in [3.63, 3.8) is 0 Å². The van der Waals surface area contributed by atoms with Crippen LogP contribution >= 0.6 is 0 Å². The molecule has 3 aromatic carbocycles. The van der Waals surface area contributed by atoms with Crippen molar-refractivity contribution in [3.05, 3.63) is 84.4 Å². The number of para-hydroxylation sites is 1. The predicted octanol–water partition coefficient (Wildman–Crippen LogP) is 4.14. The maximum atomic E-state index is 13.4. The first-order valence-corrected chi connectivity index (χ1v) is 11.5. The predicted molar refractivity (Wildman–Crippen MR) is 107 cm³/mol. The van der Waals surface area contributed by atoms with Crippen LogP contribution in [-0.2, 0) is 19.7 Å². The van der Waals surface area contributed by atoms with Gasteiger partial charge in [0.15, 0.2) is 5.03 Å². The topological polar surface area (TPSA) is 84.1 Å². The molecule has 0 atom stereocenters. The number of aryl methyl sites for hydroxylation is 1. The van der Waals surface area contributed by atoms with E-state index in [2.05, 4.69) is 4.98 Å². The molecule has 1 aromatic heterocycles. The fourth-order valence-corrected chi connectivity index (χ4v) is 6.60. The molecule has 0 aliphatic heterocycles. The molecule has 0 saturated heterocycles. The second-order valence-corrected chi connectivity index (χ2v) is 10.2. The summed E-state index contributed by atoms with van der Waals surface area (Å²) < 4.78 is 53.4. The van der Waals surface area contributed by atoms with Crippen LogP contribution in [0.3, 0.4) is 0 Å². The second-order valence-electron chi connectivity index (χ2n) is 6.46. The van der Waals surface area contributed by atoms with E-state index in [1.54, 1.807) is 54.6 Å². The zero-order valence-corrected chi connectivity index (χ0v) is 16.6. The minimum Gasteiger partial charge on any atom is -0.344 e. The Morgan fingerprint density at radius 2 is 1.21 bits per heavy atom. The summed E-state index contributed by atoms with van der Waals surface area (Å²) in [7, 11) is -8.14. The summed E-state index contributed by atoms with van der Waals surface area (Å²) in [5, 5.41) is 0.0260. The standard InChI is InChI=1S/C21H17NO4S2/c1-15-11-13-17(14-12-15)27(23,24)20-18-9-5-6-10-19(18)22-21(20)28(25,26)16-7-3-2-4-8-16/h2-14,22H,1H3. The molecule has 0 amide bonds. The molecule has 4 rings (SSSR count). The molecule has 28 heavy (non-hydrogen) atoms. The maximum Gasteiger partial charge on any atom is 0.223 e. The van der Waals surface area contributed by atoms with Crippen LogP contribution in [0.2, 0.25) is 0 Å². The number of hydrogen-bond acceptors (Lipinski definition) is 4. The van der Waals surface area contributed by atoms with Crippen molar-refractivity contribution in [2.45, 2.75) is 26.6 Å². The highest BCUT2D eigenvalue weighted by atomic mass is 32.2. The Balaban J connectivity index is 2.06. The normalized spacial score (nSPS) is 12.3. The number of fused-ring (bicyclic) bond motifs is 1. The van der Waals surface area contributed by atoms with Crippen LogP contribution in [0.5, 0.6) is 0 Å². The van der Waals surface area contributed by atoms with Crippen molar-refractivity contribution in [1.82, 2.24) is 4.98 Å². The molecule has 1 heterocycles. The Hall–Kier alpha value is -2.90. The molecular formula is C21H17NO4S2. The van der Waals surface area contributed by atoms with Crippen molar-refractivity contribution in [2.24, 2.45) is 0 Å². The quantitative estimate of drug-likeness (QED) is 0.547. The van der Waals surface area contributed by atoms with Gasteiger partial charge >= 0.3 is 0 Å². The van der Waals surface area contributed by atoms with E-state index >= 15 is 0 Å². The van der Waals surface area contributed by atoms with E-state index in [-0.39, 0.29) is 19.7 Å². The number of rotatable bonds is 4. The van der Waals surface area contributed by atoms with Gasteiger partial charge in [-0.05, 0) is 37.3 Å². The molecule has 0 radical (unpaired) electrons. The average molecular weight is 412 g/mol. The number of sulfone groups is 2. The van der Waals surface area contributed by atoms with Crippen LogP contribution in [-0.4, -0.2) is 21.8 Å². The Kier molecular flexibility index (Phi) is 4.36. The minimum absolute atomic E-state index is 0.0295. The highest BCUT2D eigenvalue weighted by molar-refractivity contribution is 7.94. The largest absolute Gasteiger partial charge is 0.344 e. The van der Waals surface area contributed by atoms with Gasteiger partial charge in [0.05, 0.1) is 9.79 Å². The lowest BCUT2D eigenvalue weighted by atomic mass is 10.2. The van der Waals surface area contributed by atoms with Crippen molar-refractivity contribution < 1.29 is 16.8 Å². The highest BCUT2D eigenvalue weighted by Crippen LogP contribution is 2.36. The van der Waals surface area contributed by atoms with E-state index in [9.17, 15) is 16.8 Å². The third kappa shape index (κ3) is 2.93. The Labute approximate surface area is 163 Å². The fourth-order valence-electron chi connectivity index (χ4n) is 3.10. The molecule has 1 N–H and O–H groups in total. The van der Waals surface area contributed by atoms with Crippen molar-refractivity contribution >= 4 is 30.6 Å². The molecular weight excluding hydrogens is 394 g/mol. The zero-order valence-electron chi connectivity index (χ0n) is 15.0. The molecule has 0 saturated carbocycles. The molecule has 0 fully saturated rings. The van der Waals surface area contributed by atoms with Gasteiger partial charge < -0.3 is 4.98 Å². The monoisotopic (exact) mass is 411 g/mol. The summed E-state index contributed by atoms with van der Waals surface area (Å²) in [5.41, 5.74) is 1.36. The molecule has 0 spiro atoms. The van der Waals surface area contributed by atoms with Gasteiger partial charge in [-0.2, -0.15) is 0 Å². The molecule has 0 aliphatic carbocycles. The van der Waals surface area contributed by atoms with Gasteiger partial charge in [0.1, 0.15) is 4.90 Å². The summed E-state index contributed by atoms with van der Waals surface area (Å²) in [6, 6.07) is 20.8. The summed E-state index contributed by atoms with van der Waals surface area (Å²) in [6.07, 6.45) is 0. The van der Waals surface area contributed by atoms with Crippen molar-refractivity contribution in [3.8, 4) is 0 Å². The van der Waals surface area contributed by atoms with E-state index in [4.69, 9.17) is 0 Å². The smallest absolute Gasteiger partial charge is 0.223 e. The number of H-pyrrole nitrogens is 1. The average Bonchev–Trinajstić information content (AvgIpc) is 3.10. The lowest BCUT2D eigenvalue weighted by Crippen LogP contribution is -2.10. The zero-order chi connectivity index (χ0) is 19.9. The Morgan fingerprint density at radius 1 is 0.643 bits per heavy atom. The van der Waals surface area contributed by atoms with Crippen LogP contribution < -0.4 is 0 Å². The first kappa shape index (κ1) is 18.5. The van der Waals surface area contributed by atoms with Gasteiger partial charge in [-0.25, -0.2) is 16.8 Å². The lowest BCUT2D eigenvalue weighted by Gasteiger charge is -2.09. The first-order chi connectivity index (χ1) is 13.3. The molecule has 7 heteroatoms. The van der Waals surface area contributed by atoms with E-state index in [0.717, 1.165) is 5.56 Å². The third-order valence-electron chi connectivity index (χ3n) is 4.55. The Morgan fingerprint density at radius 3 is 1.89 bits per heavy atom. The summed E-state index contributed by atoms with van der Waals surface area (Å²) in [4.78, 5) is 2.67. The molecule has 0 bridgehead atoms. The third-order valence-corrected chi connectivity index (χ3v) is 8.27. The van der Waals surface area contributed by atoms with E-state index in [1.807, 2.05) is 6.92 Å². The van der Waals surface area contributed by atoms with Crippen LogP contribution in [0.1, 0.15) is 5.56 Å². The number of aromatic amines is 1. The minimum atomic E-state index is -4.07. The highest BCUT2D eigenvalue weighted by Gasteiger charge is 2.33. The van der Waals surface area contributed by atoms with Crippen molar-refractivity contribution in [1.29, 1.82) is 0 Å². The van der Waals surface area contributed by atoms with Gasteiger partial charge in [0, 0.05) is 10.9 Å². The summed E-state index contributed by atoms with van der Waals surface area (Å²) >= 11 is 0. The number of benzene rings is 3. The van der Waals surface area contributed by atoms with E-state index in [1.165, 1.54) is 24.3 Å².